The summed E-state index contributed by atoms with van der Waals surface area (Å²) >= 11 is 0. The number of nitro groups is 1. The van der Waals surface area contributed by atoms with Crippen molar-refractivity contribution < 1.29 is 9.72 Å². The van der Waals surface area contributed by atoms with E-state index >= 15 is 0 Å². The molecule has 132 valence electrons. The van der Waals surface area contributed by atoms with Crippen molar-refractivity contribution in [1.29, 1.82) is 0 Å². The van der Waals surface area contributed by atoms with Crippen LogP contribution in [0.25, 0.3) is 0 Å². The third-order valence-electron chi connectivity index (χ3n) is 3.85. The summed E-state index contributed by atoms with van der Waals surface area (Å²) in [6.07, 6.45) is 8.66. The van der Waals surface area contributed by atoms with Gasteiger partial charge >= 0.3 is 0 Å². The fourth-order valence-electron chi connectivity index (χ4n) is 2.33. The third kappa shape index (κ3) is 7.85. The Morgan fingerprint density at radius 3 is 2.25 bits per heavy atom. The molecule has 0 atom stereocenters. The zero-order valence-electron chi connectivity index (χ0n) is 14.6. The van der Waals surface area contributed by atoms with Crippen molar-refractivity contribution in [2.24, 2.45) is 5.10 Å². The third-order valence-corrected chi connectivity index (χ3v) is 3.85. The molecule has 0 aromatic heterocycles. The molecular formula is C18H27N3O3. The summed E-state index contributed by atoms with van der Waals surface area (Å²) in [7, 11) is 0. The summed E-state index contributed by atoms with van der Waals surface area (Å²) in [5, 5.41) is 14.7. The van der Waals surface area contributed by atoms with Crippen LogP contribution in [0.4, 0.5) is 5.69 Å². The summed E-state index contributed by atoms with van der Waals surface area (Å²) in [5.74, 6) is -0.0928. The summed E-state index contributed by atoms with van der Waals surface area (Å²) in [6.45, 7) is 3.96. The minimum Gasteiger partial charge on any atom is -0.273 e. The number of amides is 1. The van der Waals surface area contributed by atoms with Crippen LogP contribution in [0.1, 0.15) is 70.8 Å². The molecule has 6 heteroatoms. The van der Waals surface area contributed by atoms with Gasteiger partial charge in [0.1, 0.15) is 0 Å². The van der Waals surface area contributed by atoms with Crippen LogP contribution in [0.5, 0.6) is 0 Å². The van der Waals surface area contributed by atoms with E-state index in [0.717, 1.165) is 18.4 Å². The molecule has 0 saturated carbocycles. The van der Waals surface area contributed by atoms with Crippen LogP contribution in [0, 0.1) is 10.1 Å². The molecule has 0 fully saturated rings. The Balaban J connectivity index is 2.28. The minimum absolute atomic E-state index is 0.0366. The minimum atomic E-state index is -0.444. The second kappa shape index (κ2) is 11.3. The van der Waals surface area contributed by atoms with Crippen LogP contribution < -0.4 is 5.43 Å². The van der Waals surface area contributed by atoms with Gasteiger partial charge in [0.15, 0.2) is 0 Å². The van der Waals surface area contributed by atoms with Crippen LogP contribution in [0.3, 0.4) is 0 Å². The molecule has 0 saturated heterocycles. The maximum absolute atomic E-state index is 11.7. The quantitative estimate of drug-likeness (QED) is 0.278. The predicted octanol–water partition coefficient (Wildman–Crippen LogP) is 4.58. The summed E-state index contributed by atoms with van der Waals surface area (Å²) in [6, 6.07) is 6.10. The fourth-order valence-corrected chi connectivity index (χ4v) is 2.33. The molecule has 1 aromatic carbocycles. The Labute approximate surface area is 143 Å². The number of nitrogens with zero attached hydrogens (tertiary/aromatic N) is 2. The fraction of sp³-hybridized carbons (Fsp3) is 0.556. The normalized spacial score (nSPS) is 11.3. The van der Waals surface area contributed by atoms with E-state index in [1.165, 1.54) is 44.2 Å². The lowest BCUT2D eigenvalue weighted by atomic mass is 10.1. The van der Waals surface area contributed by atoms with Crippen molar-refractivity contribution in [1.82, 2.24) is 5.43 Å². The predicted molar refractivity (Wildman–Crippen MR) is 96.1 cm³/mol. The smallest absolute Gasteiger partial charge is 0.269 e. The number of nitrogens with one attached hydrogen (secondary N) is 1. The van der Waals surface area contributed by atoms with Crippen LogP contribution >= 0.6 is 0 Å². The van der Waals surface area contributed by atoms with Gasteiger partial charge in [-0.1, -0.05) is 45.4 Å². The van der Waals surface area contributed by atoms with E-state index in [1.54, 1.807) is 19.1 Å². The van der Waals surface area contributed by atoms with Crippen molar-refractivity contribution >= 4 is 17.3 Å². The van der Waals surface area contributed by atoms with Crippen molar-refractivity contribution in [3.63, 3.8) is 0 Å². The summed E-state index contributed by atoms with van der Waals surface area (Å²) in [4.78, 5) is 21.9. The lowest BCUT2D eigenvalue weighted by Gasteiger charge is -2.03. The highest BCUT2D eigenvalue weighted by molar-refractivity contribution is 5.99. The topological polar surface area (TPSA) is 84.6 Å². The number of non-ortho nitro benzene ring substituents is 1. The van der Waals surface area contributed by atoms with Crippen molar-refractivity contribution in [3.8, 4) is 0 Å². The lowest BCUT2D eigenvalue weighted by molar-refractivity contribution is -0.384. The van der Waals surface area contributed by atoms with E-state index in [9.17, 15) is 14.9 Å². The van der Waals surface area contributed by atoms with E-state index in [2.05, 4.69) is 17.5 Å². The van der Waals surface area contributed by atoms with Gasteiger partial charge in [-0.15, -0.1) is 0 Å². The van der Waals surface area contributed by atoms with Gasteiger partial charge < -0.3 is 0 Å². The molecule has 0 aliphatic heterocycles. The molecule has 0 radical (unpaired) electrons. The standard InChI is InChI=1S/C18H27N3O3/c1-3-4-5-6-7-8-9-10-18(22)20-19-15(2)16-11-13-17(14-12-16)21(23)24/h11-14H,3-10H2,1-2H3,(H,20,22)/b19-15-. The van der Waals surface area contributed by atoms with Gasteiger partial charge in [0.2, 0.25) is 5.91 Å². The van der Waals surface area contributed by atoms with Crippen LogP contribution in [0.15, 0.2) is 29.4 Å². The highest BCUT2D eigenvalue weighted by atomic mass is 16.6. The average molecular weight is 333 g/mol. The second-order valence-electron chi connectivity index (χ2n) is 5.91. The van der Waals surface area contributed by atoms with E-state index in [1.807, 2.05) is 0 Å². The Morgan fingerprint density at radius 1 is 1.08 bits per heavy atom. The number of carbonyl (C=O) groups is 1. The van der Waals surface area contributed by atoms with Gasteiger partial charge in [0.25, 0.3) is 5.69 Å². The molecule has 1 amide bonds. The van der Waals surface area contributed by atoms with Gasteiger partial charge in [0, 0.05) is 18.6 Å². The number of carbonyl (C=O) groups excluding carboxylic acids is 1. The molecule has 24 heavy (non-hydrogen) atoms. The Bertz CT molecular complexity index is 553. The summed E-state index contributed by atoms with van der Waals surface area (Å²) < 4.78 is 0. The highest BCUT2D eigenvalue weighted by Crippen LogP contribution is 2.12. The number of hydrazone groups is 1. The molecule has 0 unspecified atom stereocenters. The molecule has 0 aliphatic carbocycles. The zero-order chi connectivity index (χ0) is 17.8. The van der Waals surface area contributed by atoms with E-state index < -0.39 is 4.92 Å². The maximum atomic E-state index is 11.7. The lowest BCUT2D eigenvalue weighted by Crippen LogP contribution is -2.18. The molecule has 0 aliphatic rings. The molecular weight excluding hydrogens is 306 g/mol. The average Bonchev–Trinajstić information content (AvgIpc) is 2.59. The van der Waals surface area contributed by atoms with Gasteiger partial charge in [-0.2, -0.15) is 5.10 Å². The van der Waals surface area contributed by atoms with Gasteiger partial charge in [-0.25, -0.2) is 5.43 Å². The number of nitro benzene ring substituents is 1. The Kier molecular flexibility index (Phi) is 9.34. The van der Waals surface area contributed by atoms with E-state index in [4.69, 9.17) is 0 Å². The molecule has 6 nitrogen and oxygen atoms in total. The van der Waals surface area contributed by atoms with Gasteiger partial charge in [-0.05, 0) is 31.0 Å². The molecule has 0 heterocycles. The SMILES string of the molecule is CCCCCCCCCC(=O)N/N=C(/C)c1ccc([N+](=O)[O-])cc1. The van der Waals surface area contributed by atoms with Crippen molar-refractivity contribution in [3.05, 3.63) is 39.9 Å². The number of benzene rings is 1. The van der Waals surface area contributed by atoms with Crippen LogP contribution in [0.2, 0.25) is 0 Å². The largest absolute Gasteiger partial charge is 0.273 e. The van der Waals surface area contributed by atoms with E-state index in [-0.39, 0.29) is 11.6 Å². The van der Waals surface area contributed by atoms with Gasteiger partial charge in [-0.3, -0.25) is 14.9 Å². The van der Waals surface area contributed by atoms with Gasteiger partial charge in [0.05, 0.1) is 10.6 Å². The number of hydrogen-bond acceptors (Lipinski definition) is 4. The maximum Gasteiger partial charge on any atom is 0.269 e. The molecule has 0 spiro atoms. The van der Waals surface area contributed by atoms with Crippen LogP contribution in [-0.4, -0.2) is 16.5 Å². The van der Waals surface area contributed by atoms with E-state index in [0.29, 0.717) is 12.1 Å². The molecule has 1 rings (SSSR count). The highest BCUT2D eigenvalue weighted by Gasteiger charge is 2.06. The number of unbranched alkanes of at least 4 members (excludes halogenated alkanes) is 6. The molecule has 1 N–H and O–H groups in total. The second-order valence-corrected chi connectivity index (χ2v) is 5.91. The van der Waals surface area contributed by atoms with Crippen LogP contribution in [-0.2, 0) is 4.79 Å². The molecule has 0 bridgehead atoms. The first-order chi connectivity index (χ1) is 11.5. The zero-order valence-corrected chi connectivity index (χ0v) is 14.6. The van der Waals surface area contributed by atoms with Crippen molar-refractivity contribution in [2.75, 3.05) is 0 Å². The number of hydrogen-bond donors (Lipinski definition) is 1. The Morgan fingerprint density at radius 2 is 1.67 bits per heavy atom. The molecule has 1 aromatic rings. The monoisotopic (exact) mass is 333 g/mol. The summed E-state index contributed by atoms with van der Waals surface area (Å²) in [5.41, 5.74) is 3.95. The number of rotatable bonds is 11. The van der Waals surface area contributed by atoms with Crippen molar-refractivity contribution in [2.45, 2.75) is 65.2 Å². The first-order valence-electron chi connectivity index (χ1n) is 8.62. The first kappa shape index (κ1) is 19.8. The Hall–Kier alpha value is -2.24. The first-order valence-corrected chi connectivity index (χ1v) is 8.62.